The van der Waals surface area contributed by atoms with Gasteiger partial charge in [-0.15, -0.1) is 0 Å². The highest BCUT2D eigenvalue weighted by Gasteiger charge is 2.40. The summed E-state index contributed by atoms with van der Waals surface area (Å²) in [5.41, 5.74) is 1.88. The number of carbonyl (C=O) groups excluding carboxylic acids is 3. The predicted molar refractivity (Wildman–Crippen MR) is 127 cm³/mol. The molecule has 4 rings (SSSR count). The fraction of sp³-hybridized carbons (Fsp3) is 0.400. The number of hydrogen-bond donors (Lipinski definition) is 1. The highest BCUT2D eigenvalue weighted by atomic mass is 16.5. The first-order valence-electron chi connectivity index (χ1n) is 11.5. The topological polar surface area (TPSA) is 97.4 Å². The van der Waals surface area contributed by atoms with Gasteiger partial charge in [0, 0.05) is 25.2 Å². The zero-order valence-electron chi connectivity index (χ0n) is 19.6. The van der Waals surface area contributed by atoms with Crippen molar-refractivity contribution < 1.29 is 28.6 Å². The molecule has 0 aromatic heterocycles. The smallest absolute Gasteiger partial charge is 0.262 e. The van der Waals surface area contributed by atoms with E-state index in [9.17, 15) is 14.4 Å². The number of rotatable bonds is 8. The molecule has 9 heteroatoms. The molecule has 2 aromatic carbocycles. The van der Waals surface area contributed by atoms with E-state index in [2.05, 4.69) is 10.2 Å². The molecule has 2 aromatic rings. The molecule has 1 saturated heterocycles. The van der Waals surface area contributed by atoms with Crippen molar-refractivity contribution in [2.75, 3.05) is 49.7 Å². The second-order valence-electron chi connectivity index (χ2n) is 7.97. The number of anilines is 2. The number of hydrogen-bond acceptors (Lipinski definition) is 7. The van der Waals surface area contributed by atoms with Gasteiger partial charge in [0.05, 0.1) is 48.9 Å². The van der Waals surface area contributed by atoms with Crippen LogP contribution in [0.2, 0.25) is 0 Å². The van der Waals surface area contributed by atoms with Gasteiger partial charge in [-0.3, -0.25) is 19.3 Å². The third kappa shape index (κ3) is 4.43. The zero-order valence-corrected chi connectivity index (χ0v) is 19.6. The Morgan fingerprint density at radius 3 is 2.18 bits per heavy atom. The van der Waals surface area contributed by atoms with Crippen LogP contribution >= 0.6 is 0 Å². The number of nitrogens with zero attached hydrogens (tertiary/aromatic N) is 2. The molecule has 2 aliphatic heterocycles. The van der Waals surface area contributed by atoms with Crippen molar-refractivity contribution in [1.29, 1.82) is 0 Å². The standard InChI is InChI=1S/C25H29N3O6/c1-4-33-21-15-20(27-10-12-32-13-11-27)22(34-5-2)14-19(21)26-23(29)16(3)28-24(30)17-8-6-7-9-18(17)25(28)31/h6-9,14-16H,4-5,10-13H2,1-3H3,(H,26,29)/t16-/m0/s1. The van der Waals surface area contributed by atoms with E-state index in [-0.39, 0.29) is 0 Å². The molecule has 3 amide bonds. The lowest BCUT2D eigenvalue weighted by molar-refractivity contribution is -0.119. The molecule has 0 spiro atoms. The first-order valence-corrected chi connectivity index (χ1v) is 11.5. The monoisotopic (exact) mass is 467 g/mol. The van der Waals surface area contributed by atoms with Crippen LogP contribution in [0.3, 0.4) is 0 Å². The molecule has 1 N–H and O–H groups in total. The first-order chi connectivity index (χ1) is 16.5. The van der Waals surface area contributed by atoms with Gasteiger partial charge in [-0.2, -0.15) is 0 Å². The fourth-order valence-corrected chi connectivity index (χ4v) is 4.16. The van der Waals surface area contributed by atoms with E-state index in [1.165, 1.54) is 6.92 Å². The Morgan fingerprint density at radius 1 is 1.00 bits per heavy atom. The minimum absolute atomic E-state index is 0.302. The molecule has 1 atom stereocenters. The third-order valence-electron chi connectivity index (χ3n) is 5.86. The van der Waals surface area contributed by atoms with E-state index in [1.54, 1.807) is 30.3 Å². The van der Waals surface area contributed by atoms with Crippen LogP contribution in [0.1, 0.15) is 41.5 Å². The summed E-state index contributed by atoms with van der Waals surface area (Å²) < 4.78 is 17.2. The summed E-state index contributed by atoms with van der Waals surface area (Å²) >= 11 is 0. The number of amides is 3. The maximum Gasteiger partial charge on any atom is 0.262 e. The average molecular weight is 468 g/mol. The maximum absolute atomic E-state index is 13.2. The molecule has 0 radical (unpaired) electrons. The Bertz CT molecular complexity index is 1060. The van der Waals surface area contributed by atoms with Crippen LogP contribution in [-0.4, -0.2) is 68.2 Å². The highest BCUT2D eigenvalue weighted by Crippen LogP contribution is 2.39. The lowest BCUT2D eigenvalue weighted by Crippen LogP contribution is -2.45. The Morgan fingerprint density at radius 2 is 1.59 bits per heavy atom. The molecule has 2 aliphatic rings. The van der Waals surface area contributed by atoms with Crippen LogP contribution in [0.15, 0.2) is 36.4 Å². The summed E-state index contributed by atoms with van der Waals surface area (Å²) in [5, 5.41) is 2.84. The molecular weight excluding hydrogens is 438 g/mol. The average Bonchev–Trinajstić information content (AvgIpc) is 3.11. The minimum atomic E-state index is -1.02. The number of imide groups is 1. The normalized spacial score (nSPS) is 16.3. The molecule has 0 saturated carbocycles. The van der Waals surface area contributed by atoms with Crippen LogP contribution in [0.4, 0.5) is 11.4 Å². The first kappa shape index (κ1) is 23.6. The molecule has 180 valence electrons. The molecule has 9 nitrogen and oxygen atoms in total. The fourth-order valence-electron chi connectivity index (χ4n) is 4.16. The Labute approximate surface area is 198 Å². The van der Waals surface area contributed by atoms with Gasteiger partial charge in [-0.1, -0.05) is 12.1 Å². The van der Waals surface area contributed by atoms with Crippen LogP contribution < -0.4 is 19.7 Å². The van der Waals surface area contributed by atoms with Crippen molar-refractivity contribution in [3.8, 4) is 11.5 Å². The van der Waals surface area contributed by atoms with E-state index in [1.807, 2.05) is 19.9 Å². The van der Waals surface area contributed by atoms with Crippen molar-refractivity contribution in [1.82, 2.24) is 4.90 Å². The lowest BCUT2D eigenvalue weighted by atomic mass is 10.1. The summed E-state index contributed by atoms with van der Waals surface area (Å²) in [5.74, 6) is -0.374. The van der Waals surface area contributed by atoms with E-state index in [0.29, 0.717) is 67.8 Å². The van der Waals surface area contributed by atoms with Crippen LogP contribution in [0, 0.1) is 0 Å². The molecule has 0 aliphatic carbocycles. The molecule has 2 heterocycles. The Hall–Kier alpha value is -3.59. The van der Waals surface area contributed by atoms with Crippen molar-refractivity contribution in [3.05, 3.63) is 47.5 Å². The minimum Gasteiger partial charge on any atom is -0.492 e. The summed E-state index contributed by atoms with van der Waals surface area (Å²) in [4.78, 5) is 41.9. The van der Waals surface area contributed by atoms with Gasteiger partial charge in [0.15, 0.2) is 0 Å². The largest absolute Gasteiger partial charge is 0.492 e. The summed E-state index contributed by atoms with van der Waals surface area (Å²) in [7, 11) is 0. The van der Waals surface area contributed by atoms with Gasteiger partial charge >= 0.3 is 0 Å². The van der Waals surface area contributed by atoms with Crippen molar-refractivity contribution >= 4 is 29.1 Å². The number of fused-ring (bicyclic) bond motifs is 1. The number of morpholine rings is 1. The molecule has 34 heavy (non-hydrogen) atoms. The third-order valence-corrected chi connectivity index (χ3v) is 5.86. The Balaban J connectivity index is 1.61. The van der Waals surface area contributed by atoms with Crippen molar-refractivity contribution in [2.45, 2.75) is 26.8 Å². The van der Waals surface area contributed by atoms with E-state index >= 15 is 0 Å². The SMILES string of the molecule is CCOc1cc(N2CCOCC2)c(OCC)cc1NC(=O)[C@H](C)N1C(=O)c2ccccc2C1=O. The van der Waals surface area contributed by atoms with Gasteiger partial charge in [0.1, 0.15) is 17.5 Å². The quantitative estimate of drug-likeness (QED) is 0.596. The van der Waals surface area contributed by atoms with Crippen LogP contribution in [0.25, 0.3) is 0 Å². The highest BCUT2D eigenvalue weighted by molar-refractivity contribution is 6.23. The Kier molecular flexibility index (Phi) is 7.02. The summed E-state index contributed by atoms with van der Waals surface area (Å²) in [6.45, 7) is 8.79. The zero-order chi connectivity index (χ0) is 24.2. The van der Waals surface area contributed by atoms with E-state index < -0.39 is 23.8 Å². The number of nitrogens with one attached hydrogen (secondary N) is 1. The second kappa shape index (κ2) is 10.1. The number of carbonyl (C=O) groups is 3. The molecule has 1 fully saturated rings. The molecule has 0 bridgehead atoms. The van der Waals surface area contributed by atoms with E-state index in [0.717, 1.165) is 10.6 Å². The van der Waals surface area contributed by atoms with Crippen molar-refractivity contribution in [2.24, 2.45) is 0 Å². The van der Waals surface area contributed by atoms with Crippen molar-refractivity contribution in [3.63, 3.8) is 0 Å². The predicted octanol–water partition coefficient (Wildman–Crippen LogP) is 2.94. The number of ether oxygens (including phenoxy) is 3. The molecule has 0 unspecified atom stereocenters. The summed E-state index contributed by atoms with van der Waals surface area (Å²) in [6, 6.07) is 9.12. The van der Waals surface area contributed by atoms with Gasteiger partial charge in [0.25, 0.3) is 11.8 Å². The van der Waals surface area contributed by atoms with Gasteiger partial charge in [0.2, 0.25) is 5.91 Å². The lowest BCUT2D eigenvalue weighted by Gasteiger charge is -2.31. The van der Waals surface area contributed by atoms with Crippen LogP contribution in [-0.2, 0) is 9.53 Å². The summed E-state index contributed by atoms with van der Waals surface area (Å²) in [6.07, 6.45) is 0. The van der Waals surface area contributed by atoms with Gasteiger partial charge < -0.3 is 24.4 Å². The van der Waals surface area contributed by atoms with Crippen LogP contribution in [0.5, 0.6) is 11.5 Å². The van der Waals surface area contributed by atoms with E-state index in [4.69, 9.17) is 14.2 Å². The van der Waals surface area contributed by atoms with Gasteiger partial charge in [-0.25, -0.2) is 0 Å². The second-order valence-corrected chi connectivity index (χ2v) is 7.97. The molecular formula is C25H29N3O6. The number of benzene rings is 2. The van der Waals surface area contributed by atoms with Gasteiger partial charge in [-0.05, 0) is 32.9 Å². The maximum atomic E-state index is 13.2.